The summed E-state index contributed by atoms with van der Waals surface area (Å²) in [7, 11) is 0. The Bertz CT molecular complexity index is 1740. The molecule has 0 aromatic carbocycles. The number of rotatable bonds is 5. The highest BCUT2D eigenvalue weighted by Crippen LogP contribution is 2.39. The van der Waals surface area contributed by atoms with Crippen molar-refractivity contribution in [3.05, 3.63) is 97.7 Å². The molecule has 0 radical (unpaired) electrons. The third-order valence-electron chi connectivity index (χ3n) is 12.6. The summed E-state index contributed by atoms with van der Waals surface area (Å²) in [5, 5.41) is 109. The quantitative estimate of drug-likeness (QED) is 0.140. The average Bonchev–Trinajstić information content (AvgIpc) is 3.26. The van der Waals surface area contributed by atoms with E-state index < -0.39 is 147 Å². The van der Waals surface area contributed by atoms with Gasteiger partial charge in [-0.05, 0) is 33.1 Å². The van der Waals surface area contributed by atoms with E-state index in [2.05, 4.69) is 6.58 Å². The first-order valence-corrected chi connectivity index (χ1v) is 23.6. The summed E-state index contributed by atoms with van der Waals surface area (Å²) < 4.78 is 29.0. The predicted octanol–water partition coefficient (Wildman–Crippen LogP) is 2.67. The number of cyclic esters (lactones) is 1. The smallest absolute Gasteiger partial charge is 0.314 e. The van der Waals surface area contributed by atoms with E-state index in [0.717, 1.165) is 0 Å². The number of allylic oxidation sites excluding steroid dienone is 12. The van der Waals surface area contributed by atoms with Crippen molar-refractivity contribution < 1.29 is 84.3 Å². The second-order valence-electron chi connectivity index (χ2n) is 18.4. The van der Waals surface area contributed by atoms with Gasteiger partial charge in [-0.1, -0.05) is 118 Å². The Morgan fingerprint density at radius 3 is 1.87 bits per heavy atom. The van der Waals surface area contributed by atoms with Crippen LogP contribution in [-0.4, -0.2) is 161 Å². The maximum absolute atomic E-state index is 13.4. The van der Waals surface area contributed by atoms with Crippen LogP contribution in [-0.2, 0) is 33.3 Å². The maximum Gasteiger partial charge on any atom is 0.314 e. The maximum atomic E-state index is 13.4. The molecule has 68 heavy (non-hydrogen) atoms. The lowest BCUT2D eigenvalue weighted by Gasteiger charge is -2.45. The van der Waals surface area contributed by atoms with Crippen LogP contribution >= 0.6 is 0 Å². The molecule has 0 aromatic rings. The highest BCUT2D eigenvalue weighted by molar-refractivity contribution is 5.74. The summed E-state index contributed by atoms with van der Waals surface area (Å²) in [6.45, 7) is 11.9. The summed E-state index contributed by atoms with van der Waals surface area (Å²) in [6.07, 6.45) is 6.73. The van der Waals surface area contributed by atoms with Crippen molar-refractivity contribution in [2.75, 3.05) is 6.61 Å². The number of carbonyl (C=O) groups excluding carboxylic acids is 2. The van der Waals surface area contributed by atoms with Crippen LogP contribution in [0.5, 0.6) is 0 Å². The van der Waals surface area contributed by atoms with Gasteiger partial charge in [-0.15, -0.1) is 0 Å². The molecule has 0 spiro atoms. The van der Waals surface area contributed by atoms with Crippen molar-refractivity contribution in [2.24, 2.45) is 23.7 Å². The number of hydrogen-bond donors (Lipinski definition) is 10. The summed E-state index contributed by atoms with van der Waals surface area (Å²) in [4.78, 5) is 26.1. The number of fused-ring (bicyclic) bond motifs is 2. The molecule has 2 fully saturated rings. The molecular formula is C51H78O17. The molecule has 3 aliphatic heterocycles. The van der Waals surface area contributed by atoms with E-state index in [0.29, 0.717) is 0 Å². The number of esters is 2. The lowest BCUT2D eigenvalue weighted by molar-refractivity contribution is -0.311. The summed E-state index contributed by atoms with van der Waals surface area (Å²) in [6, 6.07) is 0. The Labute approximate surface area is 400 Å². The second kappa shape index (κ2) is 29.5. The molecule has 17 heteroatoms. The number of hydrogen-bond acceptors (Lipinski definition) is 17. The molecule has 0 saturated carbocycles. The van der Waals surface area contributed by atoms with Crippen LogP contribution in [0, 0.1) is 23.7 Å². The molecule has 2 saturated heterocycles. The van der Waals surface area contributed by atoms with Crippen LogP contribution in [0.25, 0.3) is 0 Å². The van der Waals surface area contributed by atoms with E-state index in [-0.39, 0.29) is 38.2 Å². The van der Waals surface area contributed by atoms with Gasteiger partial charge in [0.2, 0.25) is 0 Å². The predicted molar refractivity (Wildman–Crippen MR) is 252 cm³/mol. The van der Waals surface area contributed by atoms with E-state index in [1.54, 1.807) is 70.2 Å². The zero-order chi connectivity index (χ0) is 50.6. The fourth-order valence-electron chi connectivity index (χ4n) is 8.37. The fraction of sp³-hybridized carbons (Fsp3) is 0.647. The Hall–Kier alpha value is -3.66. The summed E-state index contributed by atoms with van der Waals surface area (Å²) >= 11 is 0. The van der Waals surface area contributed by atoms with Crippen LogP contribution < -0.4 is 0 Å². The molecule has 384 valence electrons. The molecule has 19 unspecified atom stereocenters. The van der Waals surface area contributed by atoms with Crippen LogP contribution in [0.15, 0.2) is 97.7 Å². The molecular weight excluding hydrogens is 885 g/mol. The minimum absolute atomic E-state index is 0.0935. The lowest BCUT2D eigenvalue weighted by atomic mass is 9.82. The van der Waals surface area contributed by atoms with Gasteiger partial charge in [0.1, 0.15) is 24.7 Å². The highest BCUT2D eigenvalue weighted by atomic mass is 16.7. The van der Waals surface area contributed by atoms with Crippen LogP contribution in [0.3, 0.4) is 0 Å². The molecule has 3 rings (SSSR count). The molecule has 0 amide bonds. The van der Waals surface area contributed by atoms with Crippen molar-refractivity contribution in [3.63, 3.8) is 0 Å². The second-order valence-corrected chi connectivity index (χ2v) is 18.4. The molecule has 10 N–H and O–H groups in total. The van der Waals surface area contributed by atoms with Crippen molar-refractivity contribution in [2.45, 2.75) is 177 Å². The number of aliphatic hydroxyl groups excluding tert-OH is 9. The monoisotopic (exact) mass is 963 g/mol. The average molecular weight is 963 g/mol. The Kier molecular flexibility index (Phi) is 25.4. The zero-order valence-corrected chi connectivity index (χ0v) is 40.0. The van der Waals surface area contributed by atoms with Gasteiger partial charge in [-0.2, -0.15) is 0 Å². The zero-order valence-electron chi connectivity index (χ0n) is 40.0. The standard InChI is InChI=1S/C51H78O17/c1-7-24-64-49(62)45-42(57)30-51(63)29-38(54)26-41(56)40(55)23-22-36(52)25-37(53)27-44(58)65-34(5)32(3)46(59)31(2)20-18-16-14-12-10-8-9-11-13-15-17-19-21-39(28-43(45)68-51)67-50-48(61)33(4)47(60)35(6)66-50/h7-21,31-43,45-48,50,52-57,59-61,63H,1,22-30H2,2-6H3/b9-8+,12-10+,13-11+,16-14+,17-15+,20-18+,21-19+. The number of aliphatic hydroxyl groups is 10. The third-order valence-corrected chi connectivity index (χ3v) is 12.6. The first-order chi connectivity index (χ1) is 32.2. The molecule has 3 heterocycles. The highest BCUT2D eigenvalue weighted by Gasteiger charge is 2.51. The van der Waals surface area contributed by atoms with Gasteiger partial charge in [0.25, 0.3) is 0 Å². The van der Waals surface area contributed by atoms with Gasteiger partial charge in [0.15, 0.2) is 12.1 Å². The van der Waals surface area contributed by atoms with Gasteiger partial charge in [-0.3, -0.25) is 9.59 Å². The minimum Gasteiger partial charge on any atom is -0.462 e. The van der Waals surface area contributed by atoms with Crippen LogP contribution in [0.2, 0.25) is 0 Å². The molecule has 0 aromatic heterocycles. The molecule has 2 bridgehead atoms. The van der Waals surface area contributed by atoms with Gasteiger partial charge in [-0.25, -0.2) is 0 Å². The van der Waals surface area contributed by atoms with Crippen LogP contribution in [0.4, 0.5) is 0 Å². The van der Waals surface area contributed by atoms with Crippen molar-refractivity contribution in [1.82, 2.24) is 0 Å². The van der Waals surface area contributed by atoms with Gasteiger partial charge in [0.05, 0.1) is 73.6 Å². The Balaban J connectivity index is 1.91. The molecule has 3 aliphatic rings. The SMILES string of the molecule is C=CCOC(=O)C1C(O)CC2(O)CC(O)CC(O)C(O)CCC(O)CC(O)CC(=O)OC(C)C(C)C(O)C(C)/C=C/C=C/C=C/C=C/C=C/C=C/C=C/C(OC3OC(C)C(O)C(C)C3O)CC1O2. The lowest BCUT2D eigenvalue weighted by Crippen LogP contribution is -2.57. The topological polar surface area (TPSA) is 283 Å². The van der Waals surface area contributed by atoms with E-state index in [4.69, 9.17) is 23.7 Å². The van der Waals surface area contributed by atoms with Crippen molar-refractivity contribution in [3.8, 4) is 0 Å². The van der Waals surface area contributed by atoms with Gasteiger partial charge < -0.3 is 74.7 Å². The number of ether oxygens (including phenoxy) is 5. The van der Waals surface area contributed by atoms with Crippen LogP contribution in [0.1, 0.15) is 86.0 Å². The Morgan fingerprint density at radius 2 is 1.26 bits per heavy atom. The first-order valence-electron chi connectivity index (χ1n) is 23.6. The minimum atomic E-state index is -2.27. The van der Waals surface area contributed by atoms with Gasteiger partial charge >= 0.3 is 11.9 Å². The third kappa shape index (κ3) is 19.6. The van der Waals surface area contributed by atoms with E-state index in [1.807, 2.05) is 49.5 Å². The molecule has 17 nitrogen and oxygen atoms in total. The van der Waals surface area contributed by atoms with E-state index in [1.165, 1.54) is 6.08 Å². The molecule has 19 atom stereocenters. The van der Waals surface area contributed by atoms with E-state index >= 15 is 0 Å². The Morgan fingerprint density at radius 1 is 0.676 bits per heavy atom. The van der Waals surface area contributed by atoms with Gasteiger partial charge in [0, 0.05) is 43.4 Å². The largest absolute Gasteiger partial charge is 0.462 e. The summed E-state index contributed by atoms with van der Waals surface area (Å²) in [5.41, 5.74) is 0. The fourth-order valence-corrected chi connectivity index (χ4v) is 8.37. The number of carbonyl (C=O) groups is 2. The normalized spacial score (nSPS) is 43.9. The van der Waals surface area contributed by atoms with E-state index in [9.17, 15) is 60.7 Å². The summed E-state index contributed by atoms with van der Waals surface area (Å²) in [5.74, 6) is -6.59. The molecule has 0 aliphatic carbocycles. The van der Waals surface area contributed by atoms with Crippen molar-refractivity contribution >= 4 is 11.9 Å². The van der Waals surface area contributed by atoms with Crippen molar-refractivity contribution in [1.29, 1.82) is 0 Å². The first kappa shape index (κ1) is 58.7.